The Bertz CT molecular complexity index is 937. The Morgan fingerprint density at radius 1 is 1.04 bits per heavy atom. The minimum absolute atomic E-state index is 0.338. The zero-order chi connectivity index (χ0) is 20.6. The van der Waals surface area contributed by atoms with Crippen LogP contribution in [0.15, 0.2) is 35.3 Å². The highest BCUT2D eigenvalue weighted by Gasteiger charge is 2.35. The number of nitrogens with one attached hydrogen (secondary N) is 1. The molecule has 1 aromatic heterocycles. The first-order valence-electron chi connectivity index (χ1n) is 6.93. The number of amides is 1. The molecule has 0 spiro atoms. The fourth-order valence-electron chi connectivity index (χ4n) is 2.09. The molecule has 0 aliphatic carbocycles. The lowest BCUT2D eigenvalue weighted by molar-refractivity contribution is -0.138. The van der Waals surface area contributed by atoms with E-state index in [2.05, 4.69) is 0 Å². The van der Waals surface area contributed by atoms with Gasteiger partial charge in [0, 0.05) is 6.20 Å². The summed E-state index contributed by atoms with van der Waals surface area (Å²) in [7, 11) is 0. The Morgan fingerprint density at radius 2 is 1.67 bits per heavy atom. The Labute approximate surface area is 157 Å². The minimum Gasteiger partial charge on any atom is -0.323 e. The second-order valence-corrected chi connectivity index (χ2v) is 6.03. The number of anilines is 1. The maximum atomic E-state index is 13.0. The van der Waals surface area contributed by atoms with E-state index in [1.54, 1.807) is 0 Å². The average Bonchev–Trinajstić information content (AvgIpc) is 2.51. The molecule has 0 saturated heterocycles. The number of carbonyl (C=O) groups is 1. The fraction of sp³-hybridized carbons (Fsp3) is 0.200. The monoisotopic (exact) mass is 432 g/mol. The van der Waals surface area contributed by atoms with Crippen LogP contribution in [0.4, 0.5) is 32.0 Å². The number of benzene rings is 1. The van der Waals surface area contributed by atoms with Crippen molar-refractivity contribution in [1.29, 1.82) is 0 Å². The molecule has 12 heteroatoms. The van der Waals surface area contributed by atoms with Crippen LogP contribution in [0.3, 0.4) is 0 Å². The smallest absolute Gasteiger partial charge is 0.323 e. The number of pyridine rings is 1. The molecular weight excluding hydrogens is 425 g/mol. The first-order valence-corrected chi connectivity index (χ1v) is 7.69. The number of aromatic nitrogens is 1. The van der Waals surface area contributed by atoms with Crippen LogP contribution in [0.1, 0.15) is 11.1 Å². The summed E-state index contributed by atoms with van der Waals surface area (Å²) in [6.45, 7) is -1.01. The second-order valence-electron chi connectivity index (χ2n) is 5.22. The predicted octanol–water partition coefficient (Wildman–Crippen LogP) is 4.83. The zero-order valence-corrected chi connectivity index (χ0v) is 14.4. The standard InChI is InChI=1S/C15H8Cl2F6N2O2/c16-9-3-1-2-8(15(21,22)23)12(9)24-11(26)6-25-5-7(14(18,19)20)4-10(17)13(25)27/h1-5H,6H2,(H,24,26). The van der Waals surface area contributed by atoms with Crippen molar-refractivity contribution in [3.05, 3.63) is 62.0 Å². The summed E-state index contributed by atoms with van der Waals surface area (Å²) in [5.74, 6) is -1.20. The van der Waals surface area contributed by atoms with Gasteiger partial charge in [-0.2, -0.15) is 26.3 Å². The summed E-state index contributed by atoms with van der Waals surface area (Å²) in [4.78, 5) is 23.8. The maximum Gasteiger partial charge on any atom is 0.418 e. The van der Waals surface area contributed by atoms with Gasteiger partial charge in [-0.05, 0) is 18.2 Å². The lowest BCUT2D eigenvalue weighted by Crippen LogP contribution is -2.29. The number of rotatable bonds is 3. The predicted molar refractivity (Wildman–Crippen MR) is 85.8 cm³/mol. The van der Waals surface area contributed by atoms with Gasteiger partial charge in [-0.25, -0.2) is 0 Å². The second kappa shape index (κ2) is 7.43. The highest BCUT2D eigenvalue weighted by Crippen LogP contribution is 2.38. The van der Waals surface area contributed by atoms with Crippen molar-refractivity contribution in [2.45, 2.75) is 18.9 Å². The molecule has 0 unspecified atom stereocenters. The first-order chi connectivity index (χ1) is 12.3. The van der Waals surface area contributed by atoms with Gasteiger partial charge < -0.3 is 9.88 Å². The van der Waals surface area contributed by atoms with Crippen LogP contribution < -0.4 is 10.9 Å². The molecule has 0 aliphatic rings. The van der Waals surface area contributed by atoms with Gasteiger partial charge in [-0.15, -0.1) is 0 Å². The molecule has 1 aromatic carbocycles. The van der Waals surface area contributed by atoms with Crippen LogP contribution in [-0.4, -0.2) is 10.5 Å². The zero-order valence-electron chi connectivity index (χ0n) is 12.9. The van der Waals surface area contributed by atoms with Crippen molar-refractivity contribution in [3.63, 3.8) is 0 Å². The minimum atomic E-state index is -4.85. The highest BCUT2D eigenvalue weighted by atomic mass is 35.5. The molecule has 0 atom stereocenters. The number of para-hydroxylation sites is 1. The van der Waals surface area contributed by atoms with Gasteiger partial charge >= 0.3 is 12.4 Å². The molecule has 0 radical (unpaired) electrons. The van der Waals surface area contributed by atoms with E-state index in [1.807, 2.05) is 5.32 Å². The normalized spacial score (nSPS) is 12.1. The Balaban J connectivity index is 2.36. The summed E-state index contributed by atoms with van der Waals surface area (Å²) in [5, 5.41) is 0.627. The van der Waals surface area contributed by atoms with E-state index in [9.17, 15) is 35.9 Å². The first kappa shape index (κ1) is 21.1. The third-order valence-electron chi connectivity index (χ3n) is 3.27. The molecule has 27 heavy (non-hydrogen) atoms. The number of hydrogen-bond acceptors (Lipinski definition) is 2. The van der Waals surface area contributed by atoms with Gasteiger partial charge in [0.2, 0.25) is 5.91 Å². The summed E-state index contributed by atoms with van der Waals surface area (Å²) in [5.41, 5.74) is -4.44. The number of hydrogen-bond donors (Lipinski definition) is 1. The molecule has 0 bridgehead atoms. The van der Waals surface area contributed by atoms with Crippen LogP contribution in [0.25, 0.3) is 0 Å². The van der Waals surface area contributed by atoms with Crippen LogP contribution in [0.2, 0.25) is 10.0 Å². The van der Waals surface area contributed by atoms with E-state index in [0.29, 0.717) is 22.9 Å². The highest BCUT2D eigenvalue weighted by molar-refractivity contribution is 6.34. The van der Waals surface area contributed by atoms with E-state index < -0.39 is 57.2 Å². The lowest BCUT2D eigenvalue weighted by atomic mass is 10.1. The number of nitrogens with zero attached hydrogens (tertiary/aromatic N) is 1. The Morgan fingerprint density at radius 3 is 2.22 bits per heavy atom. The Hall–Kier alpha value is -2.20. The average molecular weight is 433 g/mol. The van der Waals surface area contributed by atoms with Crippen LogP contribution in [0, 0.1) is 0 Å². The topological polar surface area (TPSA) is 51.1 Å². The fourth-order valence-corrected chi connectivity index (χ4v) is 2.54. The van der Waals surface area contributed by atoms with Crippen molar-refractivity contribution < 1.29 is 31.1 Å². The molecule has 0 fully saturated rings. The van der Waals surface area contributed by atoms with Crippen molar-refractivity contribution >= 4 is 34.8 Å². The molecule has 2 aromatic rings. The molecule has 1 amide bonds. The van der Waals surface area contributed by atoms with Gasteiger partial charge in [0.05, 0.1) is 21.8 Å². The summed E-state index contributed by atoms with van der Waals surface area (Å²) < 4.78 is 77.7. The van der Waals surface area contributed by atoms with Crippen molar-refractivity contribution in [3.8, 4) is 0 Å². The third-order valence-corrected chi connectivity index (χ3v) is 3.85. The molecule has 0 aliphatic heterocycles. The number of carbonyl (C=O) groups excluding carboxylic acids is 1. The molecule has 1 N–H and O–H groups in total. The third kappa shape index (κ3) is 4.95. The molecule has 0 saturated carbocycles. The maximum absolute atomic E-state index is 13.0. The van der Waals surface area contributed by atoms with Gasteiger partial charge in [0.1, 0.15) is 11.6 Å². The lowest BCUT2D eigenvalue weighted by Gasteiger charge is -2.16. The quantitative estimate of drug-likeness (QED) is 0.706. The van der Waals surface area contributed by atoms with E-state index >= 15 is 0 Å². The molecule has 4 nitrogen and oxygen atoms in total. The number of halogens is 8. The van der Waals surface area contributed by atoms with E-state index in [0.717, 1.165) is 12.1 Å². The molecule has 2 rings (SSSR count). The SMILES string of the molecule is O=C(Cn1cc(C(F)(F)F)cc(Cl)c1=O)Nc1c(Cl)cccc1C(F)(F)F. The van der Waals surface area contributed by atoms with Crippen molar-refractivity contribution in [2.24, 2.45) is 0 Å². The molecular formula is C15H8Cl2F6N2O2. The van der Waals surface area contributed by atoms with Gasteiger partial charge in [0.25, 0.3) is 5.56 Å². The van der Waals surface area contributed by atoms with Crippen LogP contribution in [0.5, 0.6) is 0 Å². The van der Waals surface area contributed by atoms with Gasteiger partial charge in [-0.3, -0.25) is 9.59 Å². The van der Waals surface area contributed by atoms with Crippen LogP contribution >= 0.6 is 23.2 Å². The summed E-state index contributed by atoms with van der Waals surface area (Å²) in [6.07, 6.45) is -9.35. The number of alkyl halides is 6. The van der Waals surface area contributed by atoms with E-state index in [1.165, 1.54) is 0 Å². The van der Waals surface area contributed by atoms with Gasteiger partial charge in [-0.1, -0.05) is 29.3 Å². The van der Waals surface area contributed by atoms with E-state index in [-0.39, 0.29) is 0 Å². The largest absolute Gasteiger partial charge is 0.418 e. The molecule has 146 valence electrons. The summed E-state index contributed by atoms with van der Waals surface area (Å²) in [6, 6.07) is 3.14. The van der Waals surface area contributed by atoms with Gasteiger partial charge in [0.15, 0.2) is 0 Å². The Kier molecular flexibility index (Phi) is 5.81. The van der Waals surface area contributed by atoms with Crippen molar-refractivity contribution in [1.82, 2.24) is 4.57 Å². The molecule has 1 heterocycles. The van der Waals surface area contributed by atoms with E-state index in [4.69, 9.17) is 23.2 Å². The van der Waals surface area contributed by atoms with Crippen molar-refractivity contribution in [2.75, 3.05) is 5.32 Å². The summed E-state index contributed by atoms with van der Waals surface area (Å²) >= 11 is 11.1. The van der Waals surface area contributed by atoms with Crippen LogP contribution in [-0.2, 0) is 23.7 Å².